The van der Waals surface area contributed by atoms with Gasteiger partial charge in [-0.2, -0.15) is 5.10 Å². The molecule has 0 radical (unpaired) electrons. The Balaban J connectivity index is 1.95. The summed E-state index contributed by atoms with van der Waals surface area (Å²) < 4.78 is 5.71. The van der Waals surface area contributed by atoms with Crippen molar-refractivity contribution in [3.63, 3.8) is 0 Å². The fraction of sp³-hybridized carbons (Fsp3) is 0.0769. The van der Waals surface area contributed by atoms with E-state index in [9.17, 15) is 0 Å². The van der Waals surface area contributed by atoms with Crippen LogP contribution in [0.25, 0.3) is 10.4 Å². The second kappa shape index (κ2) is 5.40. The number of rotatable bonds is 2. The van der Waals surface area contributed by atoms with E-state index >= 15 is 0 Å². The predicted octanol–water partition coefficient (Wildman–Crippen LogP) is 3.13. The molecule has 0 aliphatic carbocycles. The van der Waals surface area contributed by atoms with Gasteiger partial charge >= 0.3 is 0 Å². The van der Waals surface area contributed by atoms with E-state index < -0.39 is 0 Å². The van der Waals surface area contributed by atoms with Gasteiger partial charge in [-0.25, -0.2) is 0 Å². The Bertz CT molecular complexity index is 712. The summed E-state index contributed by atoms with van der Waals surface area (Å²) in [4.78, 5) is 2.15. The molecule has 1 aliphatic heterocycles. The van der Waals surface area contributed by atoms with Crippen LogP contribution in [0.3, 0.4) is 0 Å². The van der Waals surface area contributed by atoms with E-state index in [0.717, 1.165) is 26.6 Å². The maximum absolute atomic E-state index is 6.05. The van der Waals surface area contributed by atoms with Crippen molar-refractivity contribution in [2.75, 3.05) is 0 Å². The van der Waals surface area contributed by atoms with Crippen LogP contribution in [-0.4, -0.2) is 11.3 Å². The number of benzene rings is 1. The lowest BCUT2D eigenvalue weighted by molar-refractivity contribution is 0.303. The summed E-state index contributed by atoms with van der Waals surface area (Å²) in [5, 5.41) is 4.80. The number of halogens is 1. The molecule has 2 heterocycles. The fourth-order valence-corrected chi connectivity index (χ4v) is 3.25. The molecule has 0 bridgehead atoms. The van der Waals surface area contributed by atoms with Crippen LogP contribution in [0.15, 0.2) is 29.4 Å². The number of fused-ring (bicyclic) bond motifs is 3. The molecule has 102 valence electrons. The van der Waals surface area contributed by atoms with Crippen LogP contribution >= 0.6 is 35.2 Å². The highest BCUT2D eigenvalue weighted by molar-refractivity contribution is 7.80. The first-order valence-corrected chi connectivity index (χ1v) is 7.37. The van der Waals surface area contributed by atoms with Crippen molar-refractivity contribution in [1.82, 2.24) is 5.43 Å². The van der Waals surface area contributed by atoms with Gasteiger partial charge in [-0.05, 0) is 36.5 Å². The van der Waals surface area contributed by atoms with E-state index in [2.05, 4.69) is 22.7 Å². The minimum absolute atomic E-state index is 0.142. The largest absolute Gasteiger partial charge is 0.488 e. The van der Waals surface area contributed by atoms with Crippen molar-refractivity contribution in [1.29, 1.82) is 0 Å². The zero-order valence-corrected chi connectivity index (χ0v) is 12.6. The van der Waals surface area contributed by atoms with Crippen molar-refractivity contribution in [3.05, 3.63) is 39.7 Å². The van der Waals surface area contributed by atoms with E-state index in [0.29, 0.717) is 11.6 Å². The molecule has 0 amide bonds. The third-order valence-electron chi connectivity index (χ3n) is 2.76. The number of hydrazone groups is 1. The molecule has 1 aromatic heterocycles. The molecule has 0 unspecified atom stereocenters. The Hall–Kier alpha value is -1.63. The molecular weight excluding hydrogens is 314 g/mol. The van der Waals surface area contributed by atoms with E-state index in [1.165, 1.54) is 0 Å². The minimum atomic E-state index is 0.142. The minimum Gasteiger partial charge on any atom is -0.488 e. The zero-order chi connectivity index (χ0) is 14.1. The number of ether oxygens (including phenoxy) is 1. The molecule has 3 rings (SSSR count). The number of nitrogens with zero attached hydrogens (tertiary/aromatic N) is 1. The van der Waals surface area contributed by atoms with Crippen LogP contribution in [0.1, 0.15) is 10.4 Å². The van der Waals surface area contributed by atoms with Gasteiger partial charge in [-0.1, -0.05) is 11.6 Å². The van der Waals surface area contributed by atoms with Crippen LogP contribution in [-0.2, 0) is 6.61 Å². The second-order valence-electron chi connectivity index (χ2n) is 4.17. The van der Waals surface area contributed by atoms with Crippen LogP contribution in [0.5, 0.6) is 5.75 Å². The van der Waals surface area contributed by atoms with Gasteiger partial charge in [-0.3, -0.25) is 5.43 Å². The maximum atomic E-state index is 6.05. The van der Waals surface area contributed by atoms with Crippen molar-refractivity contribution < 1.29 is 4.74 Å². The molecule has 0 spiro atoms. The Morgan fingerprint density at radius 2 is 2.35 bits per heavy atom. The SMILES string of the molecule is NC(=S)N/N=C\c1cc2c(s1)-c1cc(Cl)ccc1OC2. The van der Waals surface area contributed by atoms with Crippen LogP contribution in [0.4, 0.5) is 0 Å². The van der Waals surface area contributed by atoms with Gasteiger partial charge in [0.1, 0.15) is 12.4 Å². The van der Waals surface area contributed by atoms with Crippen LogP contribution in [0, 0.1) is 0 Å². The summed E-state index contributed by atoms with van der Waals surface area (Å²) in [6.07, 6.45) is 1.69. The first kappa shape index (κ1) is 13.4. The third-order valence-corrected chi connectivity index (χ3v) is 4.24. The standard InChI is InChI=1S/C13H10ClN3OS2/c14-8-1-2-11-10(4-8)12-7(6-18-11)3-9(20-12)5-16-17-13(15)19/h1-5H,6H2,(H3,15,17,19)/b16-5-. The summed E-state index contributed by atoms with van der Waals surface area (Å²) in [5.41, 5.74) is 9.99. The average molecular weight is 324 g/mol. The smallest absolute Gasteiger partial charge is 0.184 e. The molecule has 0 atom stereocenters. The molecule has 1 aliphatic rings. The second-order valence-corrected chi connectivity index (χ2v) is 6.13. The monoisotopic (exact) mass is 323 g/mol. The molecule has 0 saturated heterocycles. The van der Waals surface area contributed by atoms with Gasteiger partial charge in [0.2, 0.25) is 0 Å². The predicted molar refractivity (Wildman–Crippen MR) is 86.6 cm³/mol. The topological polar surface area (TPSA) is 59.6 Å². The normalized spacial score (nSPS) is 12.7. The highest BCUT2D eigenvalue weighted by Crippen LogP contribution is 2.43. The Morgan fingerprint density at radius 1 is 1.50 bits per heavy atom. The van der Waals surface area contributed by atoms with Crippen molar-refractivity contribution in [2.45, 2.75) is 6.61 Å². The Kier molecular flexibility index (Phi) is 3.60. The lowest BCUT2D eigenvalue weighted by atomic mass is 10.1. The van der Waals surface area contributed by atoms with Gasteiger partial charge in [0, 0.05) is 25.9 Å². The number of thiocarbonyl (C=S) groups is 1. The quantitative estimate of drug-likeness (QED) is 0.506. The number of nitrogens with two attached hydrogens (primary N) is 1. The first-order valence-electron chi connectivity index (χ1n) is 5.77. The highest BCUT2D eigenvalue weighted by Gasteiger charge is 2.20. The van der Waals surface area contributed by atoms with Gasteiger partial charge in [0.05, 0.1) is 6.21 Å². The van der Waals surface area contributed by atoms with E-state index in [4.69, 9.17) is 22.1 Å². The van der Waals surface area contributed by atoms with Gasteiger partial charge in [0.15, 0.2) is 5.11 Å². The number of hydrogen-bond donors (Lipinski definition) is 2. The summed E-state index contributed by atoms with van der Waals surface area (Å²) in [5.74, 6) is 0.855. The summed E-state index contributed by atoms with van der Waals surface area (Å²) in [6, 6.07) is 7.67. The Morgan fingerprint density at radius 3 is 3.15 bits per heavy atom. The van der Waals surface area contributed by atoms with Crippen molar-refractivity contribution in [3.8, 4) is 16.2 Å². The zero-order valence-electron chi connectivity index (χ0n) is 10.2. The molecule has 7 heteroatoms. The number of nitrogens with one attached hydrogen (secondary N) is 1. The summed E-state index contributed by atoms with van der Waals surface area (Å²) in [7, 11) is 0. The Labute approximate surface area is 130 Å². The van der Waals surface area contributed by atoms with E-state index in [1.807, 2.05) is 24.3 Å². The van der Waals surface area contributed by atoms with Crippen molar-refractivity contribution in [2.24, 2.45) is 10.8 Å². The van der Waals surface area contributed by atoms with Crippen molar-refractivity contribution >= 4 is 46.5 Å². The summed E-state index contributed by atoms with van der Waals surface area (Å²) >= 11 is 12.4. The van der Waals surface area contributed by atoms with E-state index in [-0.39, 0.29) is 5.11 Å². The molecule has 4 nitrogen and oxygen atoms in total. The molecule has 0 fully saturated rings. The number of hydrogen-bond acceptors (Lipinski definition) is 4. The molecule has 1 aromatic carbocycles. The molecular formula is C13H10ClN3OS2. The van der Waals surface area contributed by atoms with Gasteiger partial charge in [-0.15, -0.1) is 11.3 Å². The van der Waals surface area contributed by atoms with Gasteiger partial charge in [0.25, 0.3) is 0 Å². The molecule has 2 aromatic rings. The first-order chi connectivity index (χ1) is 9.63. The van der Waals surface area contributed by atoms with Gasteiger partial charge < -0.3 is 10.5 Å². The maximum Gasteiger partial charge on any atom is 0.184 e. The highest BCUT2D eigenvalue weighted by atomic mass is 35.5. The fourth-order valence-electron chi connectivity index (χ4n) is 1.97. The van der Waals surface area contributed by atoms with Crippen LogP contribution in [0.2, 0.25) is 5.02 Å². The number of thiophene rings is 1. The van der Waals surface area contributed by atoms with Crippen LogP contribution < -0.4 is 15.9 Å². The van der Waals surface area contributed by atoms with E-state index in [1.54, 1.807) is 17.6 Å². The lowest BCUT2D eigenvalue weighted by Gasteiger charge is -2.17. The third kappa shape index (κ3) is 2.63. The summed E-state index contributed by atoms with van der Waals surface area (Å²) in [6.45, 7) is 0.553. The lowest BCUT2D eigenvalue weighted by Crippen LogP contribution is -2.23. The average Bonchev–Trinajstić information content (AvgIpc) is 2.81. The molecule has 20 heavy (non-hydrogen) atoms. The molecule has 3 N–H and O–H groups in total. The molecule has 0 saturated carbocycles.